The Bertz CT molecular complexity index is 781. The van der Waals surface area contributed by atoms with Crippen molar-refractivity contribution in [2.24, 2.45) is 0 Å². The maximum Gasteiger partial charge on any atom is 0.346 e. The third-order valence-electron chi connectivity index (χ3n) is 5.32. The van der Waals surface area contributed by atoms with Crippen LogP contribution >= 0.6 is 0 Å². The van der Waals surface area contributed by atoms with Gasteiger partial charge in [0.15, 0.2) is 5.89 Å². The number of aliphatic hydroxyl groups excluding tert-OH is 1. The Morgan fingerprint density at radius 2 is 1.72 bits per heavy atom. The van der Waals surface area contributed by atoms with Crippen molar-refractivity contribution in [2.75, 3.05) is 0 Å². The van der Waals surface area contributed by atoms with E-state index in [1.165, 1.54) is 25.7 Å². The largest absolute Gasteiger partial charge is 0.408 e. The lowest BCUT2D eigenvalue weighted by molar-refractivity contribution is 0.152. The van der Waals surface area contributed by atoms with E-state index in [2.05, 4.69) is 24.1 Å². The first-order valence-electron chi connectivity index (χ1n) is 11.4. The summed E-state index contributed by atoms with van der Waals surface area (Å²) in [7, 11) is 0. The van der Waals surface area contributed by atoms with E-state index in [4.69, 9.17) is 4.42 Å². The summed E-state index contributed by atoms with van der Waals surface area (Å²) in [5.74, 6) is 0.534. The Balaban J connectivity index is 1.50. The Labute approximate surface area is 175 Å². The molecule has 29 heavy (non-hydrogen) atoms. The van der Waals surface area contributed by atoms with Gasteiger partial charge in [0.2, 0.25) is 0 Å². The van der Waals surface area contributed by atoms with E-state index in [0.717, 1.165) is 51.4 Å². The minimum atomic E-state index is -0.296. The third-order valence-corrected chi connectivity index (χ3v) is 5.32. The Kier molecular flexibility index (Phi) is 11.4. The van der Waals surface area contributed by atoms with E-state index in [9.17, 15) is 9.90 Å². The first-order chi connectivity index (χ1) is 14.2. The monoisotopic (exact) mass is 399 g/mol. The van der Waals surface area contributed by atoms with Gasteiger partial charge in [-0.2, -0.15) is 0 Å². The molecule has 4 heteroatoms. The maximum absolute atomic E-state index is 12.0. The molecule has 0 aliphatic carbocycles. The number of aryl methyl sites for hydroxylation is 1. The third kappa shape index (κ3) is 9.40. The molecule has 1 aromatic heterocycles. The second kappa shape index (κ2) is 14.1. The normalized spacial score (nSPS) is 12.8. The average molecular weight is 400 g/mol. The van der Waals surface area contributed by atoms with Gasteiger partial charge >= 0.3 is 5.63 Å². The predicted molar refractivity (Wildman–Crippen MR) is 120 cm³/mol. The van der Waals surface area contributed by atoms with E-state index in [1.54, 1.807) is 6.07 Å². The van der Waals surface area contributed by atoms with Crippen LogP contribution in [0.15, 0.2) is 45.6 Å². The molecule has 0 saturated heterocycles. The number of rotatable bonds is 15. The van der Waals surface area contributed by atoms with Gasteiger partial charge in [-0.05, 0) is 50.7 Å². The van der Waals surface area contributed by atoms with E-state index in [1.807, 2.05) is 18.2 Å². The van der Waals surface area contributed by atoms with Gasteiger partial charge < -0.3 is 9.52 Å². The van der Waals surface area contributed by atoms with Crippen LogP contribution in [-0.4, -0.2) is 16.2 Å². The number of fused-ring (bicyclic) bond motifs is 1. The summed E-state index contributed by atoms with van der Waals surface area (Å²) < 4.78 is 5.32. The summed E-state index contributed by atoms with van der Waals surface area (Å²) in [4.78, 5) is 16.4. The van der Waals surface area contributed by atoms with Crippen LogP contribution in [0.1, 0.15) is 89.9 Å². The zero-order valence-corrected chi connectivity index (χ0v) is 17.9. The number of aromatic nitrogens is 1. The minimum Gasteiger partial charge on any atom is -0.408 e. The summed E-state index contributed by atoms with van der Waals surface area (Å²) in [6.07, 6.45) is 18.2. The van der Waals surface area contributed by atoms with Gasteiger partial charge in [0.05, 0.1) is 17.0 Å². The molecule has 0 aliphatic heterocycles. The first kappa shape index (κ1) is 23.3. The highest BCUT2D eigenvalue weighted by Crippen LogP contribution is 2.13. The zero-order valence-electron chi connectivity index (χ0n) is 17.9. The fraction of sp³-hybridized carbons (Fsp3) is 0.600. The second-order valence-corrected chi connectivity index (χ2v) is 7.92. The lowest BCUT2D eigenvalue weighted by atomic mass is 10.0. The predicted octanol–water partition coefficient (Wildman–Crippen LogP) is 6.35. The summed E-state index contributed by atoms with van der Waals surface area (Å²) >= 11 is 0. The van der Waals surface area contributed by atoms with Crippen LogP contribution < -0.4 is 5.63 Å². The number of para-hydroxylation sites is 1. The maximum atomic E-state index is 12.0. The molecule has 1 N–H and O–H groups in total. The van der Waals surface area contributed by atoms with E-state index >= 15 is 0 Å². The van der Waals surface area contributed by atoms with Crippen LogP contribution in [0.4, 0.5) is 0 Å². The fourth-order valence-corrected chi connectivity index (χ4v) is 3.54. The van der Waals surface area contributed by atoms with Gasteiger partial charge in [-0.3, -0.25) is 0 Å². The molecule has 0 bridgehead atoms. The molecule has 1 heterocycles. The molecule has 0 saturated carbocycles. The molecule has 0 fully saturated rings. The molecule has 1 atom stereocenters. The van der Waals surface area contributed by atoms with Crippen LogP contribution in [0.3, 0.4) is 0 Å². The summed E-state index contributed by atoms with van der Waals surface area (Å²) in [5.41, 5.74) is 0.416. The van der Waals surface area contributed by atoms with Crippen LogP contribution in [0.25, 0.3) is 10.9 Å². The van der Waals surface area contributed by atoms with Crippen molar-refractivity contribution in [3.8, 4) is 0 Å². The highest BCUT2D eigenvalue weighted by molar-refractivity contribution is 5.76. The topological polar surface area (TPSA) is 63.3 Å². The fourth-order valence-electron chi connectivity index (χ4n) is 3.54. The van der Waals surface area contributed by atoms with E-state index < -0.39 is 0 Å². The molecule has 2 aromatic rings. The van der Waals surface area contributed by atoms with Gasteiger partial charge in [-0.25, -0.2) is 9.78 Å². The molecule has 0 radical (unpaired) electrons. The molecule has 0 spiro atoms. The number of nitrogens with zero attached hydrogens (tertiary/aromatic N) is 1. The van der Waals surface area contributed by atoms with Crippen molar-refractivity contribution >= 4 is 10.9 Å². The van der Waals surface area contributed by atoms with Crippen molar-refractivity contribution in [2.45, 2.75) is 96.5 Å². The van der Waals surface area contributed by atoms with Crippen LogP contribution in [-0.2, 0) is 6.42 Å². The molecular formula is C25H37NO3. The minimum absolute atomic E-state index is 0.175. The van der Waals surface area contributed by atoms with Gasteiger partial charge in [0.1, 0.15) is 0 Å². The lowest BCUT2D eigenvalue weighted by Crippen LogP contribution is -2.05. The molecule has 2 rings (SSSR count). The number of allylic oxidation sites excluding steroid dienone is 2. The molecule has 4 nitrogen and oxygen atoms in total. The van der Waals surface area contributed by atoms with Crippen molar-refractivity contribution in [1.29, 1.82) is 0 Å². The quantitative estimate of drug-likeness (QED) is 0.280. The lowest BCUT2D eigenvalue weighted by Gasteiger charge is -2.08. The van der Waals surface area contributed by atoms with Crippen LogP contribution in [0.2, 0.25) is 0 Å². The van der Waals surface area contributed by atoms with Crippen molar-refractivity contribution < 1.29 is 9.52 Å². The number of aliphatic hydroxyl groups is 1. The standard InChI is InChI=1S/C25H37NO3/c1-2-3-4-5-6-8-11-16-21(27)17-12-9-7-10-13-20-24-26-23-19-15-14-18-22(23)25(28)29-24/h6,8,14-15,18-19,21,27H,2-5,7,9-13,16-17,20H2,1H3/b8-6-. The Hall–Kier alpha value is -1.94. The Morgan fingerprint density at radius 3 is 2.59 bits per heavy atom. The summed E-state index contributed by atoms with van der Waals surface area (Å²) in [6, 6.07) is 7.30. The van der Waals surface area contributed by atoms with Crippen molar-refractivity contribution in [3.63, 3.8) is 0 Å². The number of unbranched alkanes of at least 4 members (excludes halogenated alkanes) is 7. The van der Waals surface area contributed by atoms with Crippen LogP contribution in [0.5, 0.6) is 0 Å². The van der Waals surface area contributed by atoms with Crippen LogP contribution in [0, 0.1) is 0 Å². The second-order valence-electron chi connectivity index (χ2n) is 7.92. The number of hydrogen-bond acceptors (Lipinski definition) is 4. The molecule has 0 amide bonds. The molecule has 1 unspecified atom stereocenters. The Morgan fingerprint density at radius 1 is 0.966 bits per heavy atom. The first-order valence-corrected chi connectivity index (χ1v) is 11.4. The summed E-state index contributed by atoms with van der Waals surface area (Å²) in [6.45, 7) is 2.22. The SMILES string of the molecule is CCCCC/C=C\CCC(O)CCCCCCCc1nc2ccccc2c(=O)o1. The summed E-state index contributed by atoms with van der Waals surface area (Å²) in [5, 5.41) is 10.6. The van der Waals surface area contributed by atoms with Gasteiger partial charge in [0.25, 0.3) is 0 Å². The van der Waals surface area contributed by atoms with Gasteiger partial charge in [-0.15, -0.1) is 0 Å². The van der Waals surface area contributed by atoms with Gasteiger partial charge in [-0.1, -0.05) is 69.7 Å². The highest BCUT2D eigenvalue weighted by Gasteiger charge is 2.06. The van der Waals surface area contributed by atoms with Gasteiger partial charge in [0, 0.05) is 6.42 Å². The highest BCUT2D eigenvalue weighted by atomic mass is 16.4. The van der Waals surface area contributed by atoms with E-state index in [-0.39, 0.29) is 11.7 Å². The van der Waals surface area contributed by atoms with Crippen molar-refractivity contribution in [3.05, 3.63) is 52.7 Å². The number of benzene rings is 1. The van der Waals surface area contributed by atoms with E-state index in [0.29, 0.717) is 23.2 Å². The zero-order chi connectivity index (χ0) is 20.7. The molecule has 160 valence electrons. The smallest absolute Gasteiger partial charge is 0.346 e. The number of hydrogen-bond donors (Lipinski definition) is 1. The molecule has 0 aliphatic rings. The molecule has 1 aromatic carbocycles. The van der Waals surface area contributed by atoms with Crippen molar-refractivity contribution in [1.82, 2.24) is 4.98 Å². The molecular weight excluding hydrogens is 362 g/mol. The average Bonchev–Trinajstić information content (AvgIpc) is 2.72.